The summed E-state index contributed by atoms with van der Waals surface area (Å²) in [5, 5.41) is 0.433. The molecule has 1 saturated heterocycles. The lowest BCUT2D eigenvalue weighted by atomic mass is 9.97. The SMILES string of the molecule is CCOC(=O)C1CCN(C(=O)CSc2nccc(=O)[nH]2)CC1. The Labute approximate surface area is 132 Å². The molecule has 22 heavy (non-hydrogen) atoms. The van der Waals surface area contributed by atoms with Crippen molar-refractivity contribution in [2.75, 3.05) is 25.4 Å². The highest BCUT2D eigenvalue weighted by Gasteiger charge is 2.28. The first-order chi connectivity index (χ1) is 10.6. The van der Waals surface area contributed by atoms with Crippen LogP contribution in [0.5, 0.6) is 0 Å². The van der Waals surface area contributed by atoms with Gasteiger partial charge in [-0.2, -0.15) is 0 Å². The van der Waals surface area contributed by atoms with Gasteiger partial charge < -0.3 is 14.6 Å². The van der Waals surface area contributed by atoms with E-state index in [9.17, 15) is 14.4 Å². The highest BCUT2D eigenvalue weighted by atomic mass is 32.2. The summed E-state index contributed by atoms with van der Waals surface area (Å²) in [4.78, 5) is 43.2. The number of aromatic amines is 1. The molecule has 1 fully saturated rings. The van der Waals surface area contributed by atoms with Crippen LogP contribution in [0.1, 0.15) is 19.8 Å². The van der Waals surface area contributed by atoms with Crippen molar-refractivity contribution in [1.29, 1.82) is 0 Å². The van der Waals surface area contributed by atoms with Gasteiger partial charge in [0.15, 0.2) is 5.16 Å². The number of esters is 1. The van der Waals surface area contributed by atoms with E-state index in [-0.39, 0.29) is 29.1 Å². The molecule has 7 nitrogen and oxygen atoms in total. The molecule has 1 aromatic rings. The van der Waals surface area contributed by atoms with Gasteiger partial charge in [0.05, 0.1) is 18.3 Å². The maximum Gasteiger partial charge on any atom is 0.309 e. The summed E-state index contributed by atoms with van der Waals surface area (Å²) in [7, 11) is 0. The summed E-state index contributed by atoms with van der Waals surface area (Å²) in [5.41, 5.74) is -0.236. The van der Waals surface area contributed by atoms with Gasteiger partial charge in [0.1, 0.15) is 0 Å². The summed E-state index contributed by atoms with van der Waals surface area (Å²) in [5.74, 6) is -0.0746. The van der Waals surface area contributed by atoms with Crippen LogP contribution in [0.4, 0.5) is 0 Å². The Morgan fingerprint density at radius 3 is 2.82 bits per heavy atom. The minimum absolute atomic E-state index is 0.0150. The van der Waals surface area contributed by atoms with Gasteiger partial charge in [0.25, 0.3) is 5.56 Å². The Morgan fingerprint density at radius 1 is 1.45 bits per heavy atom. The van der Waals surface area contributed by atoms with E-state index in [2.05, 4.69) is 9.97 Å². The normalized spacial score (nSPS) is 15.6. The van der Waals surface area contributed by atoms with Gasteiger partial charge in [-0.3, -0.25) is 14.4 Å². The summed E-state index contributed by atoms with van der Waals surface area (Å²) >= 11 is 1.20. The summed E-state index contributed by atoms with van der Waals surface area (Å²) < 4.78 is 5.01. The van der Waals surface area contributed by atoms with Crippen LogP contribution < -0.4 is 5.56 Å². The zero-order valence-electron chi connectivity index (χ0n) is 12.4. The molecule has 0 aromatic carbocycles. The lowest BCUT2D eigenvalue weighted by molar-refractivity contribution is -0.151. The highest BCUT2D eigenvalue weighted by molar-refractivity contribution is 7.99. The number of hydrogen-bond acceptors (Lipinski definition) is 6. The van der Waals surface area contributed by atoms with Gasteiger partial charge in [-0.15, -0.1) is 0 Å². The van der Waals surface area contributed by atoms with Crippen molar-refractivity contribution in [2.24, 2.45) is 5.92 Å². The van der Waals surface area contributed by atoms with E-state index in [0.717, 1.165) is 0 Å². The molecule has 0 atom stereocenters. The second kappa shape index (κ2) is 7.98. The number of piperidine rings is 1. The predicted molar refractivity (Wildman–Crippen MR) is 81.5 cm³/mol. The van der Waals surface area contributed by atoms with Crippen LogP contribution in [0.15, 0.2) is 22.2 Å². The second-order valence-corrected chi connectivity index (χ2v) is 5.90. The van der Waals surface area contributed by atoms with Crippen LogP contribution in [0.25, 0.3) is 0 Å². The predicted octanol–water partition coefficient (Wildman–Crippen LogP) is 0.664. The lowest BCUT2D eigenvalue weighted by Crippen LogP contribution is -2.41. The fourth-order valence-electron chi connectivity index (χ4n) is 2.27. The molecule has 2 heterocycles. The highest BCUT2D eigenvalue weighted by Crippen LogP contribution is 2.20. The quantitative estimate of drug-likeness (QED) is 0.486. The second-order valence-electron chi connectivity index (χ2n) is 4.94. The van der Waals surface area contributed by atoms with Crippen molar-refractivity contribution in [1.82, 2.24) is 14.9 Å². The molecule has 0 saturated carbocycles. The number of amides is 1. The van der Waals surface area contributed by atoms with Crippen LogP contribution in [-0.2, 0) is 14.3 Å². The largest absolute Gasteiger partial charge is 0.466 e. The standard InChI is InChI=1S/C14H19N3O4S/c1-2-21-13(20)10-4-7-17(8-5-10)12(19)9-22-14-15-6-3-11(18)16-14/h3,6,10H,2,4-5,7-9H2,1H3,(H,15,16,18). The van der Waals surface area contributed by atoms with Crippen LogP contribution in [-0.4, -0.2) is 52.2 Å². The third kappa shape index (κ3) is 4.59. The minimum Gasteiger partial charge on any atom is -0.466 e. The Balaban J connectivity index is 1.78. The lowest BCUT2D eigenvalue weighted by Gasteiger charge is -2.30. The Bertz CT molecular complexity index is 581. The summed E-state index contributed by atoms with van der Waals surface area (Å²) in [6, 6.07) is 1.33. The molecular formula is C14H19N3O4S. The molecule has 0 spiro atoms. The number of likely N-dealkylation sites (tertiary alicyclic amines) is 1. The topological polar surface area (TPSA) is 92.4 Å². The van der Waals surface area contributed by atoms with Crippen molar-refractivity contribution in [3.8, 4) is 0 Å². The van der Waals surface area contributed by atoms with Crippen LogP contribution >= 0.6 is 11.8 Å². The average molecular weight is 325 g/mol. The molecule has 0 radical (unpaired) electrons. The first kappa shape index (κ1) is 16.5. The van der Waals surface area contributed by atoms with E-state index in [1.165, 1.54) is 24.0 Å². The maximum atomic E-state index is 12.1. The number of ether oxygens (including phenoxy) is 1. The molecule has 1 aromatic heterocycles. The van der Waals surface area contributed by atoms with E-state index in [1.807, 2.05) is 0 Å². The Morgan fingerprint density at radius 2 is 2.18 bits per heavy atom. The fraction of sp³-hybridized carbons (Fsp3) is 0.571. The molecule has 1 aliphatic rings. The molecule has 8 heteroatoms. The van der Waals surface area contributed by atoms with Crippen LogP contribution in [0, 0.1) is 5.92 Å². The Hall–Kier alpha value is -1.83. The summed E-state index contributed by atoms with van der Waals surface area (Å²) in [6.07, 6.45) is 2.68. The smallest absolute Gasteiger partial charge is 0.309 e. The van der Waals surface area contributed by atoms with E-state index >= 15 is 0 Å². The third-order valence-corrected chi connectivity index (χ3v) is 4.32. The van der Waals surface area contributed by atoms with Gasteiger partial charge in [-0.05, 0) is 19.8 Å². The molecule has 1 aliphatic heterocycles. The third-order valence-electron chi connectivity index (χ3n) is 3.45. The molecule has 120 valence electrons. The number of nitrogens with one attached hydrogen (secondary N) is 1. The first-order valence-corrected chi connectivity index (χ1v) is 8.21. The molecule has 2 rings (SSSR count). The number of carbonyl (C=O) groups is 2. The Kier molecular flexibility index (Phi) is 6.00. The minimum atomic E-state index is -0.236. The van der Waals surface area contributed by atoms with Gasteiger partial charge in [-0.25, -0.2) is 4.98 Å². The van der Waals surface area contributed by atoms with Gasteiger partial charge >= 0.3 is 5.97 Å². The van der Waals surface area contributed by atoms with E-state index in [1.54, 1.807) is 11.8 Å². The number of thioether (sulfide) groups is 1. The average Bonchev–Trinajstić information content (AvgIpc) is 2.53. The van der Waals surface area contributed by atoms with Crippen molar-refractivity contribution < 1.29 is 14.3 Å². The summed E-state index contributed by atoms with van der Waals surface area (Å²) in [6.45, 7) is 3.29. The van der Waals surface area contributed by atoms with Crippen LogP contribution in [0.3, 0.4) is 0 Å². The van der Waals surface area contributed by atoms with E-state index < -0.39 is 0 Å². The van der Waals surface area contributed by atoms with Crippen molar-refractivity contribution in [3.05, 3.63) is 22.6 Å². The number of aromatic nitrogens is 2. The van der Waals surface area contributed by atoms with Crippen molar-refractivity contribution in [3.63, 3.8) is 0 Å². The zero-order chi connectivity index (χ0) is 15.9. The molecule has 0 bridgehead atoms. The molecular weight excluding hydrogens is 306 g/mol. The molecule has 1 amide bonds. The molecule has 0 unspecified atom stereocenters. The van der Waals surface area contributed by atoms with E-state index in [0.29, 0.717) is 37.7 Å². The fourth-order valence-corrected chi connectivity index (χ4v) is 3.02. The number of H-pyrrole nitrogens is 1. The number of nitrogens with zero attached hydrogens (tertiary/aromatic N) is 2. The molecule has 0 aliphatic carbocycles. The number of rotatable bonds is 5. The monoisotopic (exact) mass is 325 g/mol. The van der Waals surface area contributed by atoms with Gasteiger partial charge in [-0.1, -0.05) is 11.8 Å². The van der Waals surface area contributed by atoms with Crippen LogP contribution in [0.2, 0.25) is 0 Å². The van der Waals surface area contributed by atoms with Gasteiger partial charge in [0.2, 0.25) is 5.91 Å². The van der Waals surface area contributed by atoms with Crippen molar-refractivity contribution >= 4 is 23.6 Å². The zero-order valence-corrected chi connectivity index (χ0v) is 13.2. The molecule has 1 N–H and O–H groups in total. The number of hydrogen-bond donors (Lipinski definition) is 1. The van der Waals surface area contributed by atoms with Gasteiger partial charge in [0, 0.05) is 25.4 Å². The maximum absolute atomic E-state index is 12.1. The van der Waals surface area contributed by atoms with Crippen molar-refractivity contribution in [2.45, 2.75) is 24.9 Å². The first-order valence-electron chi connectivity index (χ1n) is 7.22. The van der Waals surface area contributed by atoms with E-state index in [4.69, 9.17) is 4.74 Å². The number of carbonyl (C=O) groups excluding carboxylic acids is 2.